The maximum atomic E-state index is 8.47. The molecule has 0 unspecified atom stereocenters. The van der Waals surface area contributed by atoms with Crippen molar-refractivity contribution >= 4 is 17.6 Å². The van der Waals surface area contributed by atoms with Crippen LogP contribution in [0.5, 0.6) is 0 Å². The molecule has 0 radical (unpaired) electrons. The molecular weight excluding hydrogens is 194 g/mol. The normalized spacial score (nSPS) is 13.8. The fraction of sp³-hybridized carbons (Fsp3) is 0.333. The van der Waals surface area contributed by atoms with Gasteiger partial charge in [0.05, 0.1) is 24.0 Å². The van der Waals surface area contributed by atoms with Gasteiger partial charge in [0.2, 0.25) is 0 Å². The molecule has 6 nitrogen and oxygen atoms in total. The first kappa shape index (κ1) is 11.1. The molecule has 0 bridgehead atoms. The van der Waals surface area contributed by atoms with Gasteiger partial charge < -0.3 is 10.2 Å². The summed E-state index contributed by atoms with van der Waals surface area (Å²) >= 11 is 0. The Morgan fingerprint density at radius 1 is 1.47 bits per heavy atom. The van der Waals surface area contributed by atoms with Crippen molar-refractivity contribution in [2.24, 2.45) is 15.4 Å². The number of oxime groups is 1. The van der Waals surface area contributed by atoms with E-state index in [4.69, 9.17) is 5.21 Å². The molecule has 0 aromatic carbocycles. The van der Waals surface area contributed by atoms with Crippen LogP contribution in [0.2, 0.25) is 0 Å². The third-order valence-corrected chi connectivity index (χ3v) is 1.93. The van der Waals surface area contributed by atoms with Crippen LogP contribution in [0.15, 0.2) is 21.7 Å². The molecule has 0 fully saturated rings. The van der Waals surface area contributed by atoms with Crippen molar-refractivity contribution in [2.45, 2.75) is 20.8 Å². The van der Waals surface area contributed by atoms with E-state index >= 15 is 0 Å². The molecule has 0 atom stereocenters. The van der Waals surface area contributed by atoms with Crippen molar-refractivity contribution in [1.82, 2.24) is 9.97 Å². The van der Waals surface area contributed by atoms with Gasteiger partial charge in [-0.05, 0) is 20.8 Å². The maximum absolute atomic E-state index is 8.47. The molecule has 80 valence electrons. The SMILES string of the molecule is CC(=N\O)/C(C)=N/N=C/c1nc[nH]c1C. The van der Waals surface area contributed by atoms with Gasteiger partial charge in [0.25, 0.3) is 0 Å². The molecule has 0 aliphatic carbocycles. The van der Waals surface area contributed by atoms with E-state index in [0.29, 0.717) is 11.4 Å². The number of H-pyrrole nitrogens is 1. The molecule has 1 heterocycles. The summed E-state index contributed by atoms with van der Waals surface area (Å²) in [5.41, 5.74) is 2.66. The van der Waals surface area contributed by atoms with E-state index in [1.165, 1.54) is 0 Å². The second kappa shape index (κ2) is 5.04. The second-order valence-electron chi connectivity index (χ2n) is 3.03. The monoisotopic (exact) mass is 207 g/mol. The van der Waals surface area contributed by atoms with E-state index in [-0.39, 0.29) is 0 Å². The number of aromatic amines is 1. The van der Waals surface area contributed by atoms with E-state index < -0.39 is 0 Å². The predicted octanol–water partition coefficient (Wildman–Crippen LogP) is 1.36. The number of hydrogen-bond acceptors (Lipinski definition) is 5. The Morgan fingerprint density at radius 3 is 2.73 bits per heavy atom. The zero-order valence-corrected chi connectivity index (χ0v) is 8.89. The number of rotatable bonds is 3. The Kier molecular flexibility index (Phi) is 3.73. The van der Waals surface area contributed by atoms with Gasteiger partial charge in [-0.3, -0.25) is 0 Å². The molecule has 0 saturated carbocycles. The van der Waals surface area contributed by atoms with Crippen LogP contribution >= 0.6 is 0 Å². The smallest absolute Gasteiger partial charge is 0.104 e. The Bertz CT molecular complexity index is 416. The lowest BCUT2D eigenvalue weighted by atomic mass is 10.3. The largest absolute Gasteiger partial charge is 0.411 e. The standard InChI is InChI=1S/C9H13N5O/c1-6(7(2)14-15)13-12-4-9-8(3)10-5-11-9/h4-5,15H,1-3H3,(H,10,11)/b12-4+,13-6+,14-7+. The van der Waals surface area contributed by atoms with Gasteiger partial charge >= 0.3 is 0 Å². The van der Waals surface area contributed by atoms with Gasteiger partial charge in [0.1, 0.15) is 5.69 Å². The highest BCUT2D eigenvalue weighted by atomic mass is 16.4. The fourth-order valence-corrected chi connectivity index (χ4v) is 0.814. The third-order valence-electron chi connectivity index (χ3n) is 1.93. The molecule has 1 aromatic rings. The fourth-order valence-electron chi connectivity index (χ4n) is 0.814. The molecule has 0 aliphatic rings. The summed E-state index contributed by atoms with van der Waals surface area (Å²) in [6.07, 6.45) is 3.13. The molecule has 1 rings (SSSR count). The van der Waals surface area contributed by atoms with Crippen LogP contribution in [-0.2, 0) is 0 Å². The lowest BCUT2D eigenvalue weighted by molar-refractivity contribution is 0.320. The van der Waals surface area contributed by atoms with Gasteiger partial charge in [0.15, 0.2) is 0 Å². The first-order valence-corrected chi connectivity index (χ1v) is 4.41. The molecule has 2 N–H and O–H groups in total. The summed E-state index contributed by atoms with van der Waals surface area (Å²) in [5.74, 6) is 0. The molecule has 6 heteroatoms. The summed E-state index contributed by atoms with van der Waals surface area (Å²) in [6, 6.07) is 0. The van der Waals surface area contributed by atoms with Gasteiger partial charge in [-0.15, -0.1) is 0 Å². The first-order valence-electron chi connectivity index (χ1n) is 4.41. The first-order chi connectivity index (χ1) is 7.15. The van der Waals surface area contributed by atoms with Crippen molar-refractivity contribution in [3.8, 4) is 0 Å². The number of aryl methyl sites for hydroxylation is 1. The van der Waals surface area contributed by atoms with Gasteiger partial charge in [-0.1, -0.05) is 5.16 Å². The van der Waals surface area contributed by atoms with E-state index in [0.717, 1.165) is 11.4 Å². The summed E-state index contributed by atoms with van der Waals surface area (Å²) < 4.78 is 0. The Hall–Kier alpha value is -1.98. The zero-order chi connectivity index (χ0) is 11.3. The van der Waals surface area contributed by atoms with Crippen LogP contribution in [0.3, 0.4) is 0 Å². The van der Waals surface area contributed by atoms with Crippen LogP contribution in [0.25, 0.3) is 0 Å². The van der Waals surface area contributed by atoms with Crippen LogP contribution in [0.4, 0.5) is 0 Å². The molecule has 0 amide bonds. The van der Waals surface area contributed by atoms with Crippen LogP contribution in [0, 0.1) is 6.92 Å². The highest BCUT2D eigenvalue weighted by molar-refractivity contribution is 6.40. The Labute approximate surface area is 87.5 Å². The van der Waals surface area contributed by atoms with Gasteiger partial charge in [-0.2, -0.15) is 10.2 Å². The van der Waals surface area contributed by atoms with Crippen LogP contribution in [0.1, 0.15) is 25.2 Å². The van der Waals surface area contributed by atoms with Crippen molar-refractivity contribution in [3.05, 3.63) is 17.7 Å². The zero-order valence-electron chi connectivity index (χ0n) is 8.89. The van der Waals surface area contributed by atoms with Crippen molar-refractivity contribution in [1.29, 1.82) is 0 Å². The molecular formula is C9H13N5O. The van der Waals surface area contributed by atoms with Crippen molar-refractivity contribution in [3.63, 3.8) is 0 Å². The maximum Gasteiger partial charge on any atom is 0.104 e. The van der Waals surface area contributed by atoms with Crippen molar-refractivity contribution in [2.75, 3.05) is 0 Å². The quantitative estimate of drug-likeness (QED) is 0.445. The molecule has 0 saturated heterocycles. The highest BCUT2D eigenvalue weighted by Gasteiger charge is 1.97. The van der Waals surface area contributed by atoms with Crippen molar-refractivity contribution < 1.29 is 5.21 Å². The topological polar surface area (TPSA) is 86.0 Å². The number of hydrogen-bond donors (Lipinski definition) is 2. The third kappa shape index (κ3) is 3.01. The minimum atomic E-state index is 0.436. The van der Waals surface area contributed by atoms with E-state index in [1.807, 2.05) is 6.92 Å². The lowest BCUT2D eigenvalue weighted by Crippen LogP contribution is -2.04. The number of nitrogens with one attached hydrogen (secondary N) is 1. The highest BCUT2D eigenvalue weighted by Crippen LogP contribution is 1.96. The Morgan fingerprint density at radius 2 is 2.20 bits per heavy atom. The number of aromatic nitrogens is 2. The number of nitrogens with zero attached hydrogens (tertiary/aromatic N) is 4. The summed E-state index contributed by atoms with van der Waals surface area (Å²) in [4.78, 5) is 6.95. The average molecular weight is 207 g/mol. The molecule has 0 aliphatic heterocycles. The van der Waals surface area contributed by atoms with Gasteiger partial charge in [-0.25, -0.2) is 4.98 Å². The molecule has 15 heavy (non-hydrogen) atoms. The van der Waals surface area contributed by atoms with Crippen LogP contribution in [-0.4, -0.2) is 32.8 Å². The number of imidazole rings is 1. The summed E-state index contributed by atoms with van der Waals surface area (Å²) in [5, 5.41) is 19.2. The Balaban J connectivity index is 2.72. The minimum absolute atomic E-state index is 0.436. The average Bonchev–Trinajstić information content (AvgIpc) is 2.63. The molecule has 0 spiro atoms. The lowest BCUT2D eigenvalue weighted by Gasteiger charge is -1.91. The summed E-state index contributed by atoms with van der Waals surface area (Å²) in [6.45, 7) is 5.25. The van der Waals surface area contributed by atoms with Crippen LogP contribution < -0.4 is 0 Å². The van der Waals surface area contributed by atoms with E-state index in [9.17, 15) is 0 Å². The second-order valence-corrected chi connectivity index (χ2v) is 3.03. The van der Waals surface area contributed by atoms with E-state index in [1.54, 1.807) is 26.4 Å². The summed E-state index contributed by atoms with van der Waals surface area (Å²) in [7, 11) is 0. The molecule has 1 aromatic heterocycles. The minimum Gasteiger partial charge on any atom is -0.411 e. The van der Waals surface area contributed by atoms with E-state index in [2.05, 4.69) is 25.3 Å². The van der Waals surface area contributed by atoms with Gasteiger partial charge in [0, 0.05) is 5.69 Å². The predicted molar refractivity (Wildman–Crippen MR) is 58.9 cm³/mol.